The molecule has 3 rings (SSSR count). The fourth-order valence-corrected chi connectivity index (χ4v) is 2.02. The third kappa shape index (κ3) is 1.44. The van der Waals surface area contributed by atoms with E-state index in [-0.39, 0.29) is 5.75 Å². The molecule has 0 atom stereocenters. The van der Waals surface area contributed by atoms with Crippen LogP contribution in [0, 0.1) is 0 Å². The van der Waals surface area contributed by atoms with Gasteiger partial charge in [0.25, 0.3) is 0 Å². The number of fused-ring (bicyclic) bond motifs is 1. The summed E-state index contributed by atoms with van der Waals surface area (Å²) in [6.07, 6.45) is 0. The average molecular weight is 228 g/mol. The molecule has 86 valence electrons. The molecule has 0 saturated heterocycles. The second-order valence-electron chi connectivity index (χ2n) is 4.00. The van der Waals surface area contributed by atoms with Crippen molar-refractivity contribution in [2.75, 3.05) is 5.73 Å². The number of phenolic OH excluding ortho intramolecular Hbond substituents is 1. The van der Waals surface area contributed by atoms with Crippen LogP contribution in [0.25, 0.3) is 22.3 Å². The van der Waals surface area contributed by atoms with Gasteiger partial charge in [-0.3, -0.25) is 4.68 Å². The van der Waals surface area contributed by atoms with E-state index in [2.05, 4.69) is 10.1 Å². The third-order valence-electron chi connectivity index (χ3n) is 2.81. The number of nitrogens with one attached hydrogen (secondary N) is 1. The minimum absolute atomic E-state index is 0.240. The van der Waals surface area contributed by atoms with E-state index in [9.17, 15) is 5.11 Å². The van der Waals surface area contributed by atoms with E-state index in [1.54, 1.807) is 16.8 Å². The lowest BCUT2D eigenvalue weighted by atomic mass is 10.2. The van der Waals surface area contributed by atoms with E-state index >= 15 is 0 Å². The van der Waals surface area contributed by atoms with Crippen molar-refractivity contribution < 1.29 is 5.11 Å². The second-order valence-corrected chi connectivity index (χ2v) is 4.00. The average Bonchev–Trinajstić information content (AvgIpc) is 2.82. The van der Waals surface area contributed by atoms with Gasteiger partial charge >= 0.3 is 0 Å². The summed E-state index contributed by atoms with van der Waals surface area (Å²) in [5.74, 6) is 0.717. The number of para-hydroxylation sites is 1. The largest absolute Gasteiger partial charge is 0.506 e. The summed E-state index contributed by atoms with van der Waals surface area (Å²) in [4.78, 5) is 3.17. The van der Waals surface area contributed by atoms with E-state index in [1.165, 1.54) is 0 Å². The maximum absolute atomic E-state index is 9.73. The lowest BCUT2D eigenvalue weighted by Gasteiger charge is -1.97. The molecule has 0 aliphatic rings. The van der Waals surface area contributed by atoms with Gasteiger partial charge in [-0.2, -0.15) is 5.10 Å². The Labute approximate surface area is 97.5 Å². The number of hydrogen-bond acceptors (Lipinski definition) is 3. The Bertz CT molecular complexity index is 696. The summed E-state index contributed by atoms with van der Waals surface area (Å²) in [6, 6.07) is 9.16. The van der Waals surface area contributed by atoms with Crippen LogP contribution in [-0.4, -0.2) is 19.9 Å². The highest BCUT2D eigenvalue weighted by Crippen LogP contribution is 2.29. The van der Waals surface area contributed by atoms with Crippen molar-refractivity contribution in [1.29, 1.82) is 0 Å². The highest BCUT2D eigenvalue weighted by atomic mass is 16.3. The molecule has 2 heterocycles. The number of aromatic hydroxyl groups is 1. The number of aryl methyl sites for hydroxylation is 1. The highest BCUT2D eigenvalue weighted by Gasteiger charge is 2.10. The van der Waals surface area contributed by atoms with Gasteiger partial charge in [0, 0.05) is 18.5 Å². The first-order valence-corrected chi connectivity index (χ1v) is 5.26. The van der Waals surface area contributed by atoms with E-state index in [4.69, 9.17) is 5.73 Å². The Kier molecular flexibility index (Phi) is 1.89. The van der Waals surface area contributed by atoms with E-state index in [0.29, 0.717) is 5.82 Å². The van der Waals surface area contributed by atoms with Crippen molar-refractivity contribution in [3.8, 4) is 17.1 Å². The van der Waals surface area contributed by atoms with Crippen LogP contribution < -0.4 is 5.73 Å². The molecule has 0 bridgehead atoms. The van der Waals surface area contributed by atoms with Gasteiger partial charge in [-0.15, -0.1) is 0 Å². The number of nitrogens with zero attached hydrogens (tertiary/aromatic N) is 2. The number of aromatic nitrogens is 3. The molecule has 0 saturated carbocycles. The maximum atomic E-state index is 9.73. The first kappa shape index (κ1) is 9.77. The van der Waals surface area contributed by atoms with E-state index < -0.39 is 0 Å². The number of nitrogen functional groups attached to an aromatic ring is 1. The standard InChI is InChI=1S/C12H12N4O/c1-16-9(6-11(13)15-16)8-5-7-3-2-4-10(17)12(7)14-8/h2-6,14,17H,1H3,(H2,13,15). The van der Waals surface area contributed by atoms with Crippen molar-refractivity contribution >= 4 is 16.7 Å². The lowest BCUT2D eigenvalue weighted by Crippen LogP contribution is -1.94. The summed E-state index contributed by atoms with van der Waals surface area (Å²) >= 11 is 0. The molecule has 5 nitrogen and oxygen atoms in total. The van der Waals surface area contributed by atoms with E-state index in [1.807, 2.05) is 25.2 Å². The molecule has 1 aromatic carbocycles. The monoisotopic (exact) mass is 228 g/mol. The predicted molar refractivity (Wildman–Crippen MR) is 66.6 cm³/mol. The molecular formula is C12H12N4O. The first-order chi connectivity index (χ1) is 8.15. The Morgan fingerprint density at radius 2 is 2.18 bits per heavy atom. The molecule has 4 N–H and O–H groups in total. The van der Waals surface area contributed by atoms with Crippen molar-refractivity contribution in [2.24, 2.45) is 7.05 Å². The van der Waals surface area contributed by atoms with Crippen LogP contribution in [0.1, 0.15) is 0 Å². The molecule has 3 aromatic rings. The summed E-state index contributed by atoms with van der Waals surface area (Å²) in [5, 5.41) is 14.8. The van der Waals surface area contributed by atoms with Gasteiger partial charge in [0.2, 0.25) is 0 Å². The van der Waals surface area contributed by atoms with Gasteiger partial charge in [0.15, 0.2) is 0 Å². The number of phenols is 1. The van der Waals surface area contributed by atoms with Crippen LogP contribution in [0.15, 0.2) is 30.3 Å². The third-order valence-corrected chi connectivity index (χ3v) is 2.81. The Balaban J connectivity index is 2.25. The van der Waals surface area contributed by atoms with Crippen LogP contribution >= 0.6 is 0 Å². The molecule has 2 aromatic heterocycles. The Hall–Kier alpha value is -2.43. The molecule has 0 radical (unpaired) electrons. The Morgan fingerprint density at radius 1 is 1.35 bits per heavy atom. The normalized spacial score (nSPS) is 11.1. The highest BCUT2D eigenvalue weighted by molar-refractivity contribution is 5.89. The Morgan fingerprint density at radius 3 is 2.82 bits per heavy atom. The minimum Gasteiger partial charge on any atom is -0.506 e. The van der Waals surface area contributed by atoms with Crippen molar-refractivity contribution in [3.05, 3.63) is 30.3 Å². The fourth-order valence-electron chi connectivity index (χ4n) is 2.02. The van der Waals surface area contributed by atoms with Crippen LogP contribution in [0.4, 0.5) is 5.82 Å². The lowest BCUT2D eigenvalue weighted by molar-refractivity contribution is 0.480. The van der Waals surface area contributed by atoms with Crippen LogP contribution in [-0.2, 0) is 7.05 Å². The summed E-state index contributed by atoms with van der Waals surface area (Å²) in [7, 11) is 1.83. The SMILES string of the molecule is Cn1nc(N)cc1-c1cc2cccc(O)c2[nH]1. The first-order valence-electron chi connectivity index (χ1n) is 5.26. The molecule has 17 heavy (non-hydrogen) atoms. The van der Waals surface area contributed by atoms with Crippen LogP contribution in [0.5, 0.6) is 5.75 Å². The van der Waals surface area contributed by atoms with Gasteiger partial charge in [-0.1, -0.05) is 12.1 Å². The van der Waals surface area contributed by atoms with Gasteiger partial charge in [-0.25, -0.2) is 0 Å². The molecule has 5 heteroatoms. The molecule has 0 fully saturated rings. The number of aromatic amines is 1. The maximum Gasteiger partial charge on any atom is 0.146 e. The van der Waals surface area contributed by atoms with E-state index in [0.717, 1.165) is 22.3 Å². The number of benzene rings is 1. The van der Waals surface area contributed by atoms with Gasteiger partial charge in [-0.05, 0) is 12.1 Å². The molecule has 0 amide bonds. The quantitative estimate of drug-likeness (QED) is 0.594. The van der Waals surface area contributed by atoms with Crippen LogP contribution in [0.3, 0.4) is 0 Å². The van der Waals surface area contributed by atoms with Gasteiger partial charge in [0.05, 0.1) is 16.9 Å². The zero-order valence-electron chi connectivity index (χ0n) is 9.31. The summed E-state index contributed by atoms with van der Waals surface area (Å²) < 4.78 is 1.71. The number of hydrogen-bond donors (Lipinski definition) is 3. The number of rotatable bonds is 1. The molecule has 0 aliphatic heterocycles. The van der Waals surface area contributed by atoms with Gasteiger partial charge in [0.1, 0.15) is 11.6 Å². The smallest absolute Gasteiger partial charge is 0.146 e. The predicted octanol–water partition coefficient (Wildman–Crippen LogP) is 1.86. The number of nitrogens with two attached hydrogens (primary N) is 1. The van der Waals surface area contributed by atoms with Crippen molar-refractivity contribution in [1.82, 2.24) is 14.8 Å². The molecule has 0 spiro atoms. The molecule has 0 aliphatic carbocycles. The molecular weight excluding hydrogens is 216 g/mol. The fraction of sp³-hybridized carbons (Fsp3) is 0.0833. The summed E-state index contributed by atoms with van der Waals surface area (Å²) in [6.45, 7) is 0. The number of H-pyrrole nitrogens is 1. The topological polar surface area (TPSA) is 79.9 Å². The second kappa shape index (κ2) is 3.28. The zero-order valence-corrected chi connectivity index (χ0v) is 9.31. The van der Waals surface area contributed by atoms with Crippen molar-refractivity contribution in [2.45, 2.75) is 0 Å². The summed E-state index contributed by atoms with van der Waals surface area (Å²) in [5.41, 5.74) is 8.14. The molecule has 0 unspecified atom stereocenters. The number of anilines is 1. The van der Waals surface area contributed by atoms with Crippen molar-refractivity contribution in [3.63, 3.8) is 0 Å². The minimum atomic E-state index is 0.240. The zero-order chi connectivity index (χ0) is 12.0. The van der Waals surface area contributed by atoms with Gasteiger partial charge < -0.3 is 15.8 Å². The van der Waals surface area contributed by atoms with Crippen LogP contribution in [0.2, 0.25) is 0 Å².